The third-order valence-electron chi connectivity index (χ3n) is 5.66. The van der Waals surface area contributed by atoms with E-state index in [-0.39, 0.29) is 37.5 Å². The molecule has 162 valence electrons. The molecular formula is C20H20F2N6O3. The quantitative estimate of drug-likeness (QED) is 0.617. The molecule has 0 bridgehead atoms. The molecule has 5 rings (SSSR count). The summed E-state index contributed by atoms with van der Waals surface area (Å²) in [6.07, 6.45) is 2.43. The van der Waals surface area contributed by atoms with Gasteiger partial charge in [-0.3, -0.25) is 9.20 Å². The van der Waals surface area contributed by atoms with Gasteiger partial charge in [0.1, 0.15) is 6.61 Å². The van der Waals surface area contributed by atoms with Crippen LogP contribution in [0.3, 0.4) is 0 Å². The maximum atomic E-state index is 13.4. The van der Waals surface area contributed by atoms with Crippen molar-refractivity contribution >= 4 is 23.1 Å². The maximum absolute atomic E-state index is 13.4. The van der Waals surface area contributed by atoms with Crippen LogP contribution in [0.5, 0.6) is 5.75 Å². The summed E-state index contributed by atoms with van der Waals surface area (Å²) in [5.41, 5.74) is 1.36. The zero-order valence-corrected chi connectivity index (χ0v) is 16.8. The molecule has 2 aliphatic rings. The fourth-order valence-electron chi connectivity index (χ4n) is 3.92. The molecule has 0 aromatic carbocycles. The van der Waals surface area contributed by atoms with Gasteiger partial charge in [0, 0.05) is 57.1 Å². The molecule has 3 aromatic heterocycles. The van der Waals surface area contributed by atoms with E-state index in [2.05, 4.69) is 10.1 Å². The molecule has 0 radical (unpaired) electrons. The molecule has 0 saturated carbocycles. The van der Waals surface area contributed by atoms with E-state index in [1.807, 2.05) is 4.90 Å². The normalized spacial score (nSPS) is 18.0. The number of fused-ring (bicyclic) bond motifs is 2. The average molecular weight is 430 g/mol. The molecule has 31 heavy (non-hydrogen) atoms. The van der Waals surface area contributed by atoms with Crippen molar-refractivity contribution in [3.8, 4) is 5.75 Å². The molecular weight excluding hydrogens is 410 g/mol. The first kappa shape index (κ1) is 19.5. The highest BCUT2D eigenvalue weighted by atomic mass is 19.3. The predicted molar refractivity (Wildman–Crippen MR) is 107 cm³/mol. The Kier molecular flexibility index (Phi) is 4.42. The Balaban J connectivity index is 1.43. The Morgan fingerprint density at radius 2 is 1.97 bits per heavy atom. The zero-order valence-electron chi connectivity index (χ0n) is 16.8. The largest absolute Gasteiger partial charge is 0.488 e. The summed E-state index contributed by atoms with van der Waals surface area (Å²) >= 11 is 0. The molecule has 11 heteroatoms. The van der Waals surface area contributed by atoms with E-state index in [1.165, 1.54) is 20.2 Å². The Morgan fingerprint density at radius 3 is 2.74 bits per heavy atom. The van der Waals surface area contributed by atoms with Crippen molar-refractivity contribution in [3.05, 3.63) is 46.6 Å². The minimum atomic E-state index is -2.71. The van der Waals surface area contributed by atoms with Crippen LogP contribution in [0.1, 0.15) is 23.2 Å². The van der Waals surface area contributed by atoms with Gasteiger partial charge in [-0.2, -0.15) is 5.10 Å². The summed E-state index contributed by atoms with van der Waals surface area (Å²) in [6, 6.07) is 5.18. The van der Waals surface area contributed by atoms with E-state index < -0.39 is 5.92 Å². The fourth-order valence-corrected chi connectivity index (χ4v) is 3.92. The Hall–Kier alpha value is -3.50. The van der Waals surface area contributed by atoms with Crippen LogP contribution in [-0.4, -0.2) is 62.1 Å². The first-order valence-corrected chi connectivity index (χ1v) is 9.95. The van der Waals surface area contributed by atoms with Gasteiger partial charge in [-0.15, -0.1) is 0 Å². The highest BCUT2D eigenvalue weighted by molar-refractivity contribution is 5.95. The van der Waals surface area contributed by atoms with Gasteiger partial charge in [-0.1, -0.05) is 0 Å². The molecule has 0 atom stereocenters. The molecule has 1 fully saturated rings. The molecule has 9 nitrogen and oxygen atoms in total. The molecule has 0 aliphatic carbocycles. The number of hydrogen-bond donors (Lipinski definition) is 0. The van der Waals surface area contributed by atoms with Gasteiger partial charge in [-0.25, -0.2) is 23.2 Å². The minimum Gasteiger partial charge on any atom is -0.488 e. The monoisotopic (exact) mass is 430 g/mol. The van der Waals surface area contributed by atoms with E-state index in [0.29, 0.717) is 35.9 Å². The van der Waals surface area contributed by atoms with Gasteiger partial charge < -0.3 is 14.5 Å². The van der Waals surface area contributed by atoms with Crippen molar-refractivity contribution in [1.29, 1.82) is 0 Å². The van der Waals surface area contributed by atoms with Crippen molar-refractivity contribution in [2.24, 2.45) is 7.05 Å². The van der Waals surface area contributed by atoms with Crippen LogP contribution in [0.2, 0.25) is 0 Å². The summed E-state index contributed by atoms with van der Waals surface area (Å²) in [6.45, 7) is 0.933. The minimum absolute atomic E-state index is 0.0133. The molecule has 0 unspecified atom stereocenters. The topological polar surface area (TPSA) is 85.0 Å². The van der Waals surface area contributed by atoms with Crippen molar-refractivity contribution in [2.45, 2.75) is 18.8 Å². The van der Waals surface area contributed by atoms with Crippen molar-refractivity contribution in [3.63, 3.8) is 0 Å². The smallest absolute Gasteiger partial charge is 0.350 e. The van der Waals surface area contributed by atoms with Gasteiger partial charge in [0.15, 0.2) is 17.2 Å². The Morgan fingerprint density at radius 1 is 1.19 bits per heavy atom. The van der Waals surface area contributed by atoms with E-state index in [1.54, 1.807) is 31.4 Å². The van der Waals surface area contributed by atoms with Gasteiger partial charge in [0.05, 0.1) is 12.1 Å². The van der Waals surface area contributed by atoms with Gasteiger partial charge in [-0.05, 0) is 12.1 Å². The van der Waals surface area contributed by atoms with E-state index in [9.17, 15) is 18.4 Å². The Bertz CT molecular complexity index is 1230. The number of nitrogens with zero attached hydrogens (tertiary/aromatic N) is 6. The number of ether oxygens (including phenoxy) is 1. The lowest BCUT2D eigenvalue weighted by Gasteiger charge is -2.32. The van der Waals surface area contributed by atoms with Crippen LogP contribution >= 0.6 is 0 Å². The van der Waals surface area contributed by atoms with Gasteiger partial charge in [0.2, 0.25) is 0 Å². The lowest BCUT2D eigenvalue weighted by molar-refractivity contribution is -0.0494. The van der Waals surface area contributed by atoms with Gasteiger partial charge in [0.25, 0.3) is 11.8 Å². The highest BCUT2D eigenvalue weighted by Gasteiger charge is 2.36. The van der Waals surface area contributed by atoms with Crippen molar-refractivity contribution in [2.75, 3.05) is 31.1 Å². The molecule has 2 aliphatic heterocycles. The number of hydrogen-bond acceptors (Lipinski definition) is 6. The third kappa shape index (κ3) is 3.39. The lowest BCUT2D eigenvalue weighted by atomic mass is 10.1. The summed E-state index contributed by atoms with van der Waals surface area (Å²) in [5, 5.41) is 4.21. The number of pyridine rings is 2. The second-order valence-electron chi connectivity index (χ2n) is 7.71. The first-order valence-electron chi connectivity index (χ1n) is 9.95. The number of anilines is 2. The molecule has 5 heterocycles. The molecule has 0 spiro atoms. The standard InChI is InChI=1S/C20H20F2N6O3/c1-25-19(30)28-5-2-14(11-16(28)24-25)27-8-9-31-15-10-13(12-23-17(15)27)18(29)26-6-3-20(21,22)4-7-26/h2,5,10-12H,3-4,6-9H2,1H3. The number of carbonyl (C=O) groups is 1. The number of halogens is 2. The van der Waals surface area contributed by atoms with Crippen LogP contribution < -0.4 is 15.3 Å². The molecule has 1 amide bonds. The maximum Gasteiger partial charge on any atom is 0.350 e. The zero-order chi connectivity index (χ0) is 21.8. The number of piperidine rings is 1. The Labute approximate surface area is 175 Å². The lowest BCUT2D eigenvalue weighted by Crippen LogP contribution is -2.42. The van der Waals surface area contributed by atoms with Crippen LogP contribution in [-0.2, 0) is 7.05 Å². The number of alkyl halides is 2. The second kappa shape index (κ2) is 7.03. The summed E-state index contributed by atoms with van der Waals surface area (Å²) in [4.78, 5) is 32.6. The first-order chi connectivity index (χ1) is 14.8. The van der Waals surface area contributed by atoms with Crippen LogP contribution in [0.4, 0.5) is 20.3 Å². The van der Waals surface area contributed by atoms with Crippen LogP contribution in [0, 0.1) is 0 Å². The third-order valence-corrected chi connectivity index (χ3v) is 5.66. The van der Waals surface area contributed by atoms with E-state index >= 15 is 0 Å². The molecule has 1 saturated heterocycles. The predicted octanol–water partition coefficient (Wildman–Crippen LogP) is 1.83. The SMILES string of the molecule is Cn1nc2cc(N3CCOc4cc(C(=O)N5CCC(F)(F)CC5)cnc43)ccn2c1=O. The van der Waals surface area contributed by atoms with Crippen molar-refractivity contribution < 1.29 is 18.3 Å². The van der Waals surface area contributed by atoms with E-state index in [0.717, 1.165) is 5.69 Å². The van der Waals surface area contributed by atoms with Crippen molar-refractivity contribution in [1.82, 2.24) is 24.1 Å². The molecule has 0 N–H and O–H groups in total. The summed E-state index contributed by atoms with van der Waals surface area (Å²) in [7, 11) is 1.59. The van der Waals surface area contributed by atoms with Crippen LogP contribution in [0.25, 0.3) is 5.65 Å². The number of aryl methyl sites for hydroxylation is 1. The number of aromatic nitrogens is 4. The van der Waals surface area contributed by atoms with Crippen LogP contribution in [0.15, 0.2) is 35.4 Å². The summed E-state index contributed by atoms with van der Waals surface area (Å²) in [5.74, 6) is -2.07. The number of carbonyl (C=O) groups excluding carboxylic acids is 1. The highest BCUT2D eigenvalue weighted by Crippen LogP contribution is 2.36. The average Bonchev–Trinajstić information content (AvgIpc) is 3.05. The number of likely N-dealkylation sites (tertiary alicyclic amines) is 1. The summed E-state index contributed by atoms with van der Waals surface area (Å²) < 4.78 is 35.2. The van der Waals surface area contributed by atoms with E-state index in [4.69, 9.17) is 4.74 Å². The number of rotatable bonds is 2. The van der Waals surface area contributed by atoms with Gasteiger partial charge >= 0.3 is 5.69 Å². The second-order valence-corrected chi connectivity index (χ2v) is 7.71. The molecule has 3 aromatic rings. The number of amides is 1. The fraction of sp³-hybridized carbons (Fsp3) is 0.400.